The van der Waals surface area contributed by atoms with Crippen molar-refractivity contribution in [2.75, 3.05) is 0 Å². The molecular weight excluding hydrogens is 362 g/mol. The van der Waals surface area contributed by atoms with E-state index < -0.39 is 0 Å². The molecule has 4 aromatic rings. The van der Waals surface area contributed by atoms with E-state index in [2.05, 4.69) is 9.98 Å². The van der Waals surface area contributed by atoms with Gasteiger partial charge in [0.15, 0.2) is 4.80 Å². The van der Waals surface area contributed by atoms with Crippen LogP contribution in [0.5, 0.6) is 0 Å². The van der Waals surface area contributed by atoms with Crippen molar-refractivity contribution in [3.63, 3.8) is 0 Å². The highest BCUT2D eigenvalue weighted by Crippen LogP contribution is 2.26. The van der Waals surface area contributed by atoms with E-state index in [0.717, 1.165) is 26.0 Å². The highest BCUT2D eigenvalue weighted by molar-refractivity contribution is 7.17. The van der Waals surface area contributed by atoms with Crippen molar-refractivity contribution in [2.45, 2.75) is 6.92 Å². The number of nitrogens with zero attached hydrogens (tertiary/aromatic N) is 3. The number of benzene rings is 2. The molecule has 24 heavy (non-hydrogen) atoms. The number of thiazole rings is 2. The van der Waals surface area contributed by atoms with Gasteiger partial charge in [0.25, 0.3) is 5.91 Å². The molecule has 4 rings (SSSR count). The van der Waals surface area contributed by atoms with Gasteiger partial charge in [0, 0.05) is 17.6 Å². The van der Waals surface area contributed by atoms with E-state index in [-0.39, 0.29) is 5.91 Å². The molecule has 0 saturated heterocycles. The lowest BCUT2D eigenvalue weighted by molar-refractivity contribution is 0.0998. The van der Waals surface area contributed by atoms with Crippen LogP contribution >= 0.6 is 34.3 Å². The van der Waals surface area contributed by atoms with Gasteiger partial charge in [-0.3, -0.25) is 4.79 Å². The summed E-state index contributed by atoms with van der Waals surface area (Å²) in [6.45, 7) is 1.97. The number of rotatable bonds is 1. The zero-order valence-electron chi connectivity index (χ0n) is 12.9. The molecule has 0 bridgehead atoms. The lowest BCUT2D eigenvalue weighted by atomic mass is 10.2. The van der Waals surface area contributed by atoms with Crippen LogP contribution in [0.2, 0.25) is 5.02 Å². The molecular formula is C17H12ClN3OS2. The molecule has 7 heteroatoms. The van der Waals surface area contributed by atoms with Crippen LogP contribution in [0.15, 0.2) is 40.8 Å². The van der Waals surface area contributed by atoms with Crippen molar-refractivity contribution in [2.24, 2.45) is 12.0 Å². The summed E-state index contributed by atoms with van der Waals surface area (Å²) in [4.78, 5) is 21.7. The lowest BCUT2D eigenvalue weighted by Gasteiger charge is -2.02. The Bertz CT molecular complexity index is 1170. The van der Waals surface area contributed by atoms with Gasteiger partial charge in [-0.15, -0.1) is 11.3 Å². The summed E-state index contributed by atoms with van der Waals surface area (Å²) in [7, 11) is 1.90. The minimum Gasteiger partial charge on any atom is -0.319 e. The first kappa shape index (κ1) is 15.5. The zero-order valence-corrected chi connectivity index (χ0v) is 15.3. The molecule has 2 heterocycles. The molecule has 4 nitrogen and oxygen atoms in total. The number of carbonyl (C=O) groups is 1. The van der Waals surface area contributed by atoms with Crippen LogP contribution < -0.4 is 4.80 Å². The Morgan fingerprint density at radius 1 is 1.25 bits per heavy atom. The molecule has 1 amide bonds. The van der Waals surface area contributed by atoms with Gasteiger partial charge in [-0.05, 0) is 42.8 Å². The maximum Gasteiger partial charge on any atom is 0.279 e. The topological polar surface area (TPSA) is 47.2 Å². The molecule has 0 aliphatic rings. The quantitative estimate of drug-likeness (QED) is 0.491. The first-order chi connectivity index (χ1) is 11.5. The molecule has 0 aliphatic carbocycles. The summed E-state index contributed by atoms with van der Waals surface area (Å²) < 4.78 is 3.97. The molecule has 0 N–H and O–H groups in total. The van der Waals surface area contributed by atoms with Gasteiger partial charge in [0.2, 0.25) is 0 Å². The third kappa shape index (κ3) is 2.47. The monoisotopic (exact) mass is 373 g/mol. The Morgan fingerprint density at radius 2 is 2.08 bits per heavy atom. The van der Waals surface area contributed by atoms with Gasteiger partial charge in [0.1, 0.15) is 0 Å². The maximum atomic E-state index is 12.5. The Kier molecular flexibility index (Phi) is 3.75. The highest BCUT2D eigenvalue weighted by Gasteiger charge is 2.11. The predicted molar refractivity (Wildman–Crippen MR) is 100 cm³/mol. The van der Waals surface area contributed by atoms with E-state index >= 15 is 0 Å². The highest BCUT2D eigenvalue weighted by atomic mass is 35.5. The average molecular weight is 374 g/mol. The van der Waals surface area contributed by atoms with Crippen LogP contribution in [0.3, 0.4) is 0 Å². The number of carbonyl (C=O) groups excluding carboxylic acids is 1. The van der Waals surface area contributed by atoms with Gasteiger partial charge in [0.05, 0.1) is 25.9 Å². The van der Waals surface area contributed by atoms with Gasteiger partial charge < -0.3 is 4.57 Å². The average Bonchev–Trinajstić information content (AvgIpc) is 3.15. The molecule has 0 spiro atoms. The van der Waals surface area contributed by atoms with Crippen molar-refractivity contribution in [3.8, 4) is 0 Å². The van der Waals surface area contributed by atoms with Crippen LogP contribution in [0.4, 0.5) is 0 Å². The molecule has 0 atom stereocenters. The van der Waals surface area contributed by atoms with E-state index in [0.29, 0.717) is 15.4 Å². The number of amides is 1. The number of hydrogen-bond donors (Lipinski definition) is 0. The largest absolute Gasteiger partial charge is 0.319 e. The summed E-state index contributed by atoms with van der Waals surface area (Å²) in [6.07, 6.45) is 0. The number of hydrogen-bond acceptors (Lipinski definition) is 4. The Balaban J connectivity index is 1.85. The van der Waals surface area contributed by atoms with Gasteiger partial charge in [-0.1, -0.05) is 22.9 Å². The fourth-order valence-electron chi connectivity index (χ4n) is 2.65. The zero-order chi connectivity index (χ0) is 16.8. The van der Waals surface area contributed by atoms with E-state index in [4.69, 9.17) is 11.6 Å². The SMILES string of the molecule is Cc1c(Cl)ccc2sc(=NC(=O)c3ccc4ncsc4c3)n(C)c12. The first-order valence-corrected chi connectivity index (χ1v) is 9.29. The van der Waals surface area contributed by atoms with Gasteiger partial charge in [-0.2, -0.15) is 4.99 Å². The third-order valence-corrected chi connectivity index (χ3v) is 6.23. The van der Waals surface area contributed by atoms with Crippen molar-refractivity contribution in [3.05, 3.63) is 56.8 Å². The number of fused-ring (bicyclic) bond motifs is 2. The molecule has 2 aromatic heterocycles. The lowest BCUT2D eigenvalue weighted by Crippen LogP contribution is -2.13. The van der Waals surface area contributed by atoms with E-state index in [1.165, 1.54) is 22.7 Å². The summed E-state index contributed by atoms with van der Waals surface area (Å²) >= 11 is 9.20. The Hall–Kier alpha value is -2.02. The van der Waals surface area contributed by atoms with Gasteiger partial charge >= 0.3 is 0 Å². The minimum atomic E-state index is -0.254. The van der Waals surface area contributed by atoms with E-state index in [9.17, 15) is 4.79 Å². The molecule has 0 radical (unpaired) electrons. The van der Waals surface area contributed by atoms with Crippen LogP contribution in [-0.2, 0) is 7.05 Å². The standard InChI is InChI=1S/C17H12ClN3OS2/c1-9-11(18)4-6-13-15(9)21(2)17(24-13)20-16(22)10-3-5-12-14(7-10)23-8-19-12/h3-8H,1-2H3. The summed E-state index contributed by atoms with van der Waals surface area (Å²) in [5.41, 5.74) is 5.24. The number of halogens is 1. The second-order valence-corrected chi connectivity index (χ2v) is 7.72. The summed E-state index contributed by atoms with van der Waals surface area (Å²) in [5, 5.41) is 0.712. The van der Waals surface area contributed by atoms with Crippen molar-refractivity contribution in [1.82, 2.24) is 9.55 Å². The normalized spacial score (nSPS) is 12.4. The van der Waals surface area contributed by atoms with Crippen LogP contribution in [0.1, 0.15) is 15.9 Å². The molecule has 0 aliphatic heterocycles. The van der Waals surface area contributed by atoms with E-state index in [1.807, 2.05) is 42.8 Å². The van der Waals surface area contributed by atoms with Crippen molar-refractivity contribution >= 4 is 60.6 Å². The van der Waals surface area contributed by atoms with Crippen LogP contribution in [-0.4, -0.2) is 15.5 Å². The van der Waals surface area contributed by atoms with Crippen molar-refractivity contribution in [1.29, 1.82) is 0 Å². The molecule has 0 unspecified atom stereocenters. The third-order valence-electron chi connectivity index (χ3n) is 3.93. The summed E-state index contributed by atoms with van der Waals surface area (Å²) in [5.74, 6) is -0.254. The minimum absolute atomic E-state index is 0.254. The smallest absolute Gasteiger partial charge is 0.279 e. The van der Waals surface area contributed by atoms with Gasteiger partial charge in [-0.25, -0.2) is 4.98 Å². The second kappa shape index (κ2) is 5.81. The predicted octanol–water partition coefficient (Wildman–Crippen LogP) is 4.55. The summed E-state index contributed by atoms with van der Waals surface area (Å²) in [6, 6.07) is 9.29. The van der Waals surface area contributed by atoms with Crippen LogP contribution in [0, 0.1) is 6.92 Å². The van der Waals surface area contributed by atoms with Crippen molar-refractivity contribution < 1.29 is 4.79 Å². The Labute approximate surface area is 150 Å². The fourth-order valence-corrected chi connectivity index (χ4v) is 4.59. The second-order valence-electron chi connectivity index (χ2n) is 5.41. The molecule has 120 valence electrons. The molecule has 2 aromatic carbocycles. The number of aryl methyl sites for hydroxylation is 2. The Morgan fingerprint density at radius 3 is 2.92 bits per heavy atom. The first-order valence-electron chi connectivity index (χ1n) is 7.21. The number of aromatic nitrogens is 2. The fraction of sp³-hybridized carbons (Fsp3) is 0.118. The molecule has 0 saturated carbocycles. The molecule has 0 fully saturated rings. The van der Waals surface area contributed by atoms with Crippen LogP contribution in [0.25, 0.3) is 20.4 Å². The maximum absolute atomic E-state index is 12.5. The van der Waals surface area contributed by atoms with E-state index in [1.54, 1.807) is 11.6 Å².